The highest BCUT2D eigenvalue weighted by atomic mass is 32.1. The highest BCUT2D eigenvalue weighted by Crippen LogP contribution is 2.11. The van der Waals surface area contributed by atoms with Gasteiger partial charge in [-0.15, -0.1) is 10.2 Å². The van der Waals surface area contributed by atoms with Crippen LogP contribution in [-0.2, 0) is 12.8 Å². The van der Waals surface area contributed by atoms with E-state index < -0.39 is 0 Å². The summed E-state index contributed by atoms with van der Waals surface area (Å²) in [7, 11) is 0. The third kappa shape index (κ3) is 4.96. The molecule has 0 radical (unpaired) electrons. The van der Waals surface area contributed by atoms with Crippen molar-refractivity contribution in [3.8, 4) is 0 Å². The molecule has 102 valence electrons. The summed E-state index contributed by atoms with van der Waals surface area (Å²) in [6, 6.07) is 11.1. The fraction of sp³-hybridized carbons (Fsp3) is 0.429. The minimum absolute atomic E-state index is 0.505. The molecular weight excluding hydrogens is 256 g/mol. The van der Waals surface area contributed by atoms with E-state index in [9.17, 15) is 0 Å². The van der Waals surface area contributed by atoms with Crippen LogP contribution in [0.2, 0.25) is 0 Å². The summed E-state index contributed by atoms with van der Waals surface area (Å²) in [6.07, 6.45) is 3.15. The summed E-state index contributed by atoms with van der Waals surface area (Å²) < 4.78 is 0. The Morgan fingerprint density at radius 1 is 1.21 bits per heavy atom. The van der Waals surface area contributed by atoms with Crippen LogP contribution in [0.5, 0.6) is 0 Å². The Morgan fingerprint density at radius 3 is 2.68 bits per heavy atom. The third-order valence-electron chi connectivity index (χ3n) is 3.02. The third-order valence-corrected chi connectivity index (χ3v) is 3.84. The molecule has 1 heterocycles. The van der Waals surface area contributed by atoms with Gasteiger partial charge < -0.3 is 11.1 Å². The summed E-state index contributed by atoms with van der Waals surface area (Å²) in [6.45, 7) is 3.14. The van der Waals surface area contributed by atoms with Gasteiger partial charge in [-0.25, -0.2) is 0 Å². The largest absolute Gasteiger partial charge is 0.374 e. The number of benzene rings is 1. The maximum atomic E-state index is 5.55. The average Bonchev–Trinajstić information content (AvgIpc) is 2.83. The molecule has 2 aromatic rings. The number of aryl methyl sites for hydroxylation is 1. The molecule has 2 rings (SSSR count). The van der Waals surface area contributed by atoms with Gasteiger partial charge in [-0.2, -0.15) is 0 Å². The van der Waals surface area contributed by atoms with E-state index in [-0.39, 0.29) is 0 Å². The molecule has 0 aliphatic heterocycles. The van der Waals surface area contributed by atoms with Gasteiger partial charge in [0.15, 0.2) is 0 Å². The molecule has 0 amide bonds. The Kier molecular flexibility index (Phi) is 5.30. The van der Waals surface area contributed by atoms with Gasteiger partial charge in [-0.3, -0.25) is 0 Å². The number of aromatic nitrogens is 2. The Morgan fingerprint density at radius 2 is 2.00 bits per heavy atom. The predicted octanol–water partition coefficient (Wildman–Crippen LogP) is 2.27. The van der Waals surface area contributed by atoms with E-state index in [1.54, 1.807) is 0 Å². The molecule has 0 fully saturated rings. The van der Waals surface area contributed by atoms with E-state index in [0.717, 1.165) is 30.8 Å². The van der Waals surface area contributed by atoms with Gasteiger partial charge in [0.25, 0.3) is 0 Å². The molecular formula is C14H20N4S. The lowest BCUT2D eigenvalue weighted by Gasteiger charge is -2.13. The zero-order chi connectivity index (χ0) is 13.5. The first-order valence-electron chi connectivity index (χ1n) is 6.59. The molecule has 0 aliphatic rings. The molecule has 0 bridgehead atoms. The zero-order valence-electron chi connectivity index (χ0n) is 11.2. The van der Waals surface area contributed by atoms with Crippen LogP contribution in [0.1, 0.15) is 23.9 Å². The van der Waals surface area contributed by atoms with Gasteiger partial charge in [0.1, 0.15) is 5.01 Å². The molecule has 0 aliphatic carbocycles. The van der Waals surface area contributed by atoms with Gasteiger partial charge in [-0.1, -0.05) is 41.7 Å². The van der Waals surface area contributed by atoms with Crippen LogP contribution >= 0.6 is 11.3 Å². The molecule has 1 atom stereocenters. The number of nitrogen functional groups attached to an aromatic ring is 1. The summed E-state index contributed by atoms with van der Waals surface area (Å²) in [4.78, 5) is 0. The molecule has 5 heteroatoms. The minimum atomic E-state index is 0.505. The lowest BCUT2D eigenvalue weighted by Crippen LogP contribution is -2.28. The maximum Gasteiger partial charge on any atom is 0.203 e. The fourth-order valence-corrected chi connectivity index (χ4v) is 2.53. The lowest BCUT2D eigenvalue weighted by molar-refractivity contribution is 0.517. The summed E-state index contributed by atoms with van der Waals surface area (Å²) >= 11 is 1.47. The Hall–Kier alpha value is -1.46. The van der Waals surface area contributed by atoms with Gasteiger partial charge in [-0.05, 0) is 25.3 Å². The Balaban J connectivity index is 1.63. The second-order valence-corrected chi connectivity index (χ2v) is 5.76. The van der Waals surface area contributed by atoms with Crippen molar-refractivity contribution < 1.29 is 0 Å². The highest BCUT2D eigenvalue weighted by Gasteiger charge is 2.04. The van der Waals surface area contributed by atoms with Gasteiger partial charge in [0.2, 0.25) is 5.13 Å². The molecule has 0 saturated carbocycles. The number of rotatable bonds is 7. The molecule has 0 saturated heterocycles. The topological polar surface area (TPSA) is 63.8 Å². The number of nitrogens with zero attached hydrogens (tertiary/aromatic N) is 2. The smallest absolute Gasteiger partial charge is 0.203 e. The Bertz CT molecular complexity index is 483. The molecule has 19 heavy (non-hydrogen) atoms. The van der Waals surface area contributed by atoms with Crippen molar-refractivity contribution in [3.63, 3.8) is 0 Å². The second-order valence-electron chi connectivity index (χ2n) is 4.66. The first-order valence-corrected chi connectivity index (χ1v) is 7.41. The van der Waals surface area contributed by atoms with E-state index >= 15 is 0 Å². The molecule has 3 N–H and O–H groups in total. The first-order chi connectivity index (χ1) is 9.24. The minimum Gasteiger partial charge on any atom is -0.374 e. The van der Waals surface area contributed by atoms with Gasteiger partial charge in [0.05, 0.1) is 0 Å². The second kappa shape index (κ2) is 7.21. The van der Waals surface area contributed by atoms with E-state index in [4.69, 9.17) is 5.73 Å². The van der Waals surface area contributed by atoms with Crippen molar-refractivity contribution >= 4 is 16.5 Å². The highest BCUT2D eigenvalue weighted by molar-refractivity contribution is 7.15. The van der Waals surface area contributed by atoms with Crippen molar-refractivity contribution in [1.82, 2.24) is 15.5 Å². The van der Waals surface area contributed by atoms with E-state index in [0.29, 0.717) is 11.2 Å². The number of nitrogens with one attached hydrogen (secondary N) is 1. The first kappa shape index (κ1) is 14.0. The normalized spacial score (nSPS) is 12.5. The van der Waals surface area contributed by atoms with Crippen LogP contribution in [0, 0.1) is 0 Å². The van der Waals surface area contributed by atoms with Crippen molar-refractivity contribution in [1.29, 1.82) is 0 Å². The van der Waals surface area contributed by atoms with Crippen LogP contribution < -0.4 is 11.1 Å². The fourth-order valence-electron chi connectivity index (χ4n) is 1.92. The molecule has 0 spiro atoms. The van der Waals surface area contributed by atoms with Gasteiger partial charge >= 0.3 is 0 Å². The van der Waals surface area contributed by atoms with Crippen LogP contribution in [0.3, 0.4) is 0 Å². The van der Waals surface area contributed by atoms with E-state index in [1.807, 2.05) is 0 Å². The molecule has 1 aromatic carbocycles. The quantitative estimate of drug-likeness (QED) is 0.814. The number of hydrogen-bond acceptors (Lipinski definition) is 5. The Labute approximate surface area is 118 Å². The lowest BCUT2D eigenvalue weighted by atomic mass is 10.1. The number of nitrogens with two attached hydrogens (primary N) is 1. The summed E-state index contributed by atoms with van der Waals surface area (Å²) in [5.41, 5.74) is 6.94. The van der Waals surface area contributed by atoms with Crippen LogP contribution in [0.15, 0.2) is 30.3 Å². The predicted molar refractivity (Wildman–Crippen MR) is 80.3 cm³/mol. The maximum absolute atomic E-state index is 5.55. The van der Waals surface area contributed by atoms with E-state index in [1.165, 1.54) is 16.9 Å². The van der Waals surface area contributed by atoms with Crippen LogP contribution in [-0.4, -0.2) is 22.8 Å². The standard InChI is InChI=1S/C14H20N4S/c1-11(7-8-12-5-3-2-4-6-12)16-10-9-13-17-18-14(15)19-13/h2-6,11,16H,7-10H2,1H3,(H2,15,18)/t11-/m1/s1. The van der Waals surface area contributed by atoms with Crippen molar-refractivity contribution in [2.45, 2.75) is 32.2 Å². The monoisotopic (exact) mass is 276 g/mol. The van der Waals surface area contributed by atoms with Gasteiger partial charge in [0, 0.05) is 19.0 Å². The summed E-state index contributed by atoms with van der Waals surface area (Å²) in [5, 5.41) is 12.9. The number of hydrogen-bond donors (Lipinski definition) is 2. The summed E-state index contributed by atoms with van der Waals surface area (Å²) in [5.74, 6) is 0. The molecule has 4 nitrogen and oxygen atoms in total. The van der Waals surface area contributed by atoms with Crippen molar-refractivity contribution in [2.75, 3.05) is 12.3 Å². The average molecular weight is 276 g/mol. The molecule has 1 aromatic heterocycles. The van der Waals surface area contributed by atoms with Crippen molar-refractivity contribution in [3.05, 3.63) is 40.9 Å². The zero-order valence-corrected chi connectivity index (χ0v) is 12.0. The van der Waals surface area contributed by atoms with Crippen LogP contribution in [0.25, 0.3) is 0 Å². The number of anilines is 1. The van der Waals surface area contributed by atoms with Crippen molar-refractivity contribution in [2.24, 2.45) is 0 Å². The van der Waals surface area contributed by atoms with Crippen LogP contribution in [0.4, 0.5) is 5.13 Å². The SMILES string of the molecule is C[C@H](CCc1ccccc1)NCCc1nnc(N)s1. The molecule has 0 unspecified atom stereocenters. The van der Waals surface area contributed by atoms with E-state index in [2.05, 4.69) is 52.8 Å².